The van der Waals surface area contributed by atoms with Crippen molar-refractivity contribution >= 4 is 6.09 Å². The van der Waals surface area contributed by atoms with Gasteiger partial charge in [-0.15, -0.1) is 6.42 Å². The fourth-order valence-corrected chi connectivity index (χ4v) is 1.55. The van der Waals surface area contributed by atoms with Crippen LogP contribution < -0.4 is 5.32 Å². The van der Waals surface area contributed by atoms with Crippen molar-refractivity contribution in [2.45, 2.75) is 32.9 Å². The summed E-state index contributed by atoms with van der Waals surface area (Å²) in [6.45, 7) is 4.37. The number of carbonyl (C=O) groups is 1. The molecule has 0 aliphatic rings. The fourth-order valence-electron chi connectivity index (χ4n) is 1.55. The molecule has 18 heavy (non-hydrogen) atoms. The van der Waals surface area contributed by atoms with Crippen LogP contribution in [0.5, 0.6) is 0 Å². The Balaban J connectivity index is 2.35. The molecule has 1 rings (SSSR count). The molecule has 1 amide bonds. The molecule has 0 saturated carbocycles. The van der Waals surface area contributed by atoms with E-state index >= 15 is 0 Å². The molecule has 0 saturated heterocycles. The number of alkyl carbamates (subject to hydrolysis) is 1. The smallest absolute Gasteiger partial charge is 0.408 e. The second kappa shape index (κ2) is 7.39. The molecule has 0 aliphatic heterocycles. The molecule has 3 heteroatoms. The van der Waals surface area contributed by atoms with Gasteiger partial charge in [0.25, 0.3) is 0 Å². The lowest BCUT2D eigenvalue weighted by molar-refractivity contribution is 0.137. The van der Waals surface area contributed by atoms with Crippen LogP contribution in [0.25, 0.3) is 0 Å². The van der Waals surface area contributed by atoms with E-state index in [2.05, 4.69) is 25.1 Å². The van der Waals surface area contributed by atoms with Crippen molar-refractivity contribution in [3.63, 3.8) is 0 Å². The summed E-state index contributed by atoms with van der Waals surface area (Å²) in [7, 11) is 0. The van der Waals surface area contributed by atoms with E-state index in [-0.39, 0.29) is 12.6 Å². The Morgan fingerprint density at radius 2 is 2.06 bits per heavy atom. The second-order valence-electron chi connectivity index (χ2n) is 4.55. The number of benzene rings is 1. The molecule has 1 aromatic rings. The molecule has 1 unspecified atom stereocenters. The maximum Gasteiger partial charge on any atom is 0.408 e. The third-order valence-corrected chi connectivity index (χ3v) is 2.41. The Bertz CT molecular complexity index is 406. The molecule has 1 atom stereocenters. The highest BCUT2D eigenvalue weighted by atomic mass is 16.5. The summed E-state index contributed by atoms with van der Waals surface area (Å²) in [4.78, 5) is 11.5. The van der Waals surface area contributed by atoms with Gasteiger partial charge in [0.1, 0.15) is 6.61 Å². The van der Waals surface area contributed by atoms with E-state index in [1.807, 2.05) is 30.3 Å². The van der Waals surface area contributed by atoms with Gasteiger partial charge in [0, 0.05) is 0 Å². The summed E-state index contributed by atoms with van der Waals surface area (Å²) in [5.41, 5.74) is 0.953. The third kappa shape index (κ3) is 5.40. The average Bonchev–Trinajstić information content (AvgIpc) is 2.36. The Kier molecular flexibility index (Phi) is 5.79. The van der Waals surface area contributed by atoms with Gasteiger partial charge in [0.2, 0.25) is 0 Å². The molecule has 0 aromatic heterocycles. The van der Waals surface area contributed by atoms with Crippen LogP contribution in [0.15, 0.2) is 30.3 Å². The fraction of sp³-hybridized carbons (Fsp3) is 0.400. The van der Waals surface area contributed by atoms with Crippen LogP contribution in [-0.2, 0) is 11.3 Å². The maximum absolute atomic E-state index is 11.5. The minimum atomic E-state index is -0.470. The lowest BCUT2D eigenvalue weighted by atomic mass is 10.0. The van der Waals surface area contributed by atoms with Crippen molar-refractivity contribution in [1.82, 2.24) is 5.32 Å². The van der Waals surface area contributed by atoms with Gasteiger partial charge >= 0.3 is 6.09 Å². The monoisotopic (exact) mass is 245 g/mol. The van der Waals surface area contributed by atoms with Gasteiger partial charge in [0.05, 0.1) is 6.04 Å². The van der Waals surface area contributed by atoms with Crippen molar-refractivity contribution in [2.24, 2.45) is 5.92 Å². The van der Waals surface area contributed by atoms with Gasteiger partial charge in [-0.05, 0) is 17.9 Å². The third-order valence-electron chi connectivity index (χ3n) is 2.41. The number of nitrogens with one attached hydrogen (secondary N) is 1. The van der Waals surface area contributed by atoms with Gasteiger partial charge in [0.15, 0.2) is 0 Å². The average molecular weight is 245 g/mol. The number of rotatable bonds is 5. The summed E-state index contributed by atoms with van der Waals surface area (Å²) in [5.74, 6) is 2.98. The van der Waals surface area contributed by atoms with Crippen molar-refractivity contribution < 1.29 is 9.53 Å². The highest BCUT2D eigenvalue weighted by molar-refractivity contribution is 5.68. The van der Waals surface area contributed by atoms with E-state index in [0.29, 0.717) is 5.92 Å². The SMILES string of the molecule is C#CC(CC(C)C)NC(=O)OCc1ccccc1. The van der Waals surface area contributed by atoms with Crippen LogP contribution in [0.1, 0.15) is 25.8 Å². The predicted octanol–water partition coefficient (Wildman–Crippen LogP) is 2.96. The minimum Gasteiger partial charge on any atom is -0.445 e. The standard InChI is InChI=1S/C15H19NO2/c1-4-14(10-12(2)3)16-15(17)18-11-13-8-6-5-7-9-13/h1,5-9,12,14H,10-11H2,2-3H3,(H,16,17). The van der Waals surface area contributed by atoms with Gasteiger partial charge < -0.3 is 10.1 Å². The predicted molar refractivity (Wildman–Crippen MR) is 71.8 cm³/mol. The zero-order valence-electron chi connectivity index (χ0n) is 10.8. The number of terminal acetylenes is 1. The lowest BCUT2D eigenvalue weighted by Gasteiger charge is -2.15. The summed E-state index contributed by atoms with van der Waals surface area (Å²) in [5, 5.41) is 2.67. The van der Waals surface area contributed by atoms with Gasteiger partial charge in [-0.1, -0.05) is 50.1 Å². The van der Waals surface area contributed by atoms with Crippen molar-refractivity contribution in [1.29, 1.82) is 0 Å². The lowest BCUT2D eigenvalue weighted by Crippen LogP contribution is -2.35. The van der Waals surface area contributed by atoms with E-state index in [1.54, 1.807) is 0 Å². The van der Waals surface area contributed by atoms with E-state index in [4.69, 9.17) is 11.2 Å². The zero-order chi connectivity index (χ0) is 13.4. The first-order valence-electron chi connectivity index (χ1n) is 6.05. The molecule has 3 nitrogen and oxygen atoms in total. The first-order valence-corrected chi connectivity index (χ1v) is 6.05. The Hall–Kier alpha value is -1.95. The Morgan fingerprint density at radius 1 is 1.39 bits per heavy atom. The normalized spacial score (nSPS) is 11.7. The van der Waals surface area contributed by atoms with Crippen LogP contribution in [-0.4, -0.2) is 12.1 Å². The molecule has 0 aliphatic carbocycles. The molecular formula is C15H19NO2. The molecule has 0 bridgehead atoms. The first-order chi connectivity index (χ1) is 8.61. The van der Waals surface area contributed by atoms with E-state index in [9.17, 15) is 4.79 Å². The van der Waals surface area contributed by atoms with E-state index in [1.165, 1.54) is 0 Å². The van der Waals surface area contributed by atoms with Crippen LogP contribution in [0.2, 0.25) is 0 Å². The van der Waals surface area contributed by atoms with Crippen LogP contribution in [0.4, 0.5) is 4.79 Å². The number of hydrogen-bond acceptors (Lipinski definition) is 2. The summed E-state index contributed by atoms with van der Waals surface area (Å²) >= 11 is 0. The zero-order valence-corrected chi connectivity index (χ0v) is 10.8. The number of hydrogen-bond donors (Lipinski definition) is 1. The molecular weight excluding hydrogens is 226 g/mol. The Morgan fingerprint density at radius 3 is 2.61 bits per heavy atom. The molecule has 1 aromatic carbocycles. The Labute approximate surface area is 109 Å². The molecule has 0 radical (unpaired) electrons. The summed E-state index contributed by atoms with van der Waals surface area (Å²) in [6.07, 6.45) is 5.63. The van der Waals surface area contributed by atoms with E-state index < -0.39 is 6.09 Å². The number of carbonyl (C=O) groups excluding carboxylic acids is 1. The largest absolute Gasteiger partial charge is 0.445 e. The molecule has 0 fully saturated rings. The maximum atomic E-state index is 11.5. The number of ether oxygens (including phenoxy) is 1. The molecule has 0 heterocycles. The van der Waals surface area contributed by atoms with E-state index in [0.717, 1.165) is 12.0 Å². The topological polar surface area (TPSA) is 38.3 Å². The van der Waals surface area contributed by atoms with Gasteiger partial charge in [-0.25, -0.2) is 4.79 Å². The van der Waals surface area contributed by atoms with Gasteiger partial charge in [-0.2, -0.15) is 0 Å². The van der Waals surface area contributed by atoms with Crippen LogP contribution in [0, 0.1) is 18.3 Å². The number of amides is 1. The highest BCUT2D eigenvalue weighted by Crippen LogP contribution is 2.05. The summed E-state index contributed by atoms with van der Waals surface area (Å²) in [6, 6.07) is 9.26. The molecule has 96 valence electrons. The van der Waals surface area contributed by atoms with Crippen molar-refractivity contribution in [3.8, 4) is 12.3 Å². The van der Waals surface area contributed by atoms with Gasteiger partial charge in [-0.3, -0.25) is 0 Å². The highest BCUT2D eigenvalue weighted by Gasteiger charge is 2.11. The summed E-state index contributed by atoms with van der Waals surface area (Å²) < 4.78 is 5.10. The quantitative estimate of drug-likeness (QED) is 0.810. The first kappa shape index (κ1) is 14.1. The van der Waals surface area contributed by atoms with Crippen LogP contribution in [0.3, 0.4) is 0 Å². The van der Waals surface area contributed by atoms with Crippen molar-refractivity contribution in [3.05, 3.63) is 35.9 Å². The van der Waals surface area contributed by atoms with Crippen LogP contribution >= 0.6 is 0 Å². The minimum absolute atomic E-state index is 0.256. The van der Waals surface area contributed by atoms with Crippen molar-refractivity contribution in [2.75, 3.05) is 0 Å². The second-order valence-corrected chi connectivity index (χ2v) is 4.55. The molecule has 1 N–H and O–H groups in total. The molecule has 0 spiro atoms.